The zero-order valence-electron chi connectivity index (χ0n) is 8.41. The third-order valence-electron chi connectivity index (χ3n) is 3.82. The first-order valence-corrected chi connectivity index (χ1v) is 5.41. The van der Waals surface area contributed by atoms with Crippen molar-refractivity contribution in [1.29, 1.82) is 0 Å². The summed E-state index contributed by atoms with van der Waals surface area (Å²) in [5.41, 5.74) is 0. The number of hydrogen-bond donors (Lipinski definition) is 0. The molecule has 13 heavy (non-hydrogen) atoms. The molecule has 0 spiro atoms. The lowest BCUT2D eigenvalue weighted by Crippen LogP contribution is -2.29. The summed E-state index contributed by atoms with van der Waals surface area (Å²) in [6.07, 6.45) is 6.82. The van der Waals surface area contributed by atoms with Crippen LogP contribution < -0.4 is 0 Å². The first kappa shape index (κ1) is 9.20. The second-order valence-corrected chi connectivity index (χ2v) is 4.82. The number of nitrogens with zero attached hydrogens (tertiary/aromatic N) is 1. The van der Waals surface area contributed by atoms with Gasteiger partial charge >= 0.3 is 0 Å². The van der Waals surface area contributed by atoms with Crippen LogP contribution in [-0.2, 0) is 4.79 Å². The molecule has 0 N–H and O–H groups in total. The van der Waals surface area contributed by atoms with Crippen LogP contribution >= 0.6 is 0 Å². The van der Waals surface area contributed by atoms with Gasteiger partial charge in [-0.25, -0.2) is 0 Å². The summed E-state index contributed by atoms with van der Waals surface area (Å²) in [5.74, 6) is 2.91. The molecule has 2 aliphatic rings. The molecule has 2 heteroatoms. The second kappa shape index (κ2) is 3.79. The molecular formula is C11H19NO. The van der Waals surface area contributed by atoms with Gasteiger partial charge in [-0.3, -0.25) is 4.90 Å². The molecule has 0 radical (unpaired) electrons. The third-order valence-corrected chi connectivity index (χ3v) is 3.82. The van der Waals surface area contributed by atoms with Gasteiger partial charge in [0.15, 0.2) is 0 Å². The highest BCUT2D eigenvalue weighted by Crippen LogP contribution is 2.48. The van der Waals surface area contributed by atoms with E-state index in [0.29, 0.717) is 6.54 Å². The van der Waals surface area contributed by atoms with Crippen LogP contribution in [0.25, 0.3) is 0 Å². The highest BCUT2D eigenvalue weighted by molar-refractivity contribution is 5.51. The molecule has 0 heterocycles. The molecule has 2 aliphatic carbocycles. The molecule has 2 bridgehead atoms. The highest BCUT2D eigenvalue weighted by atomic mass is 16.1. The number of likely N-dealkylation sites (N-methyl/N-ethyl adjacent to an activating group) is 1. The maximum absolute atomic E-state index is 10.3. The van der Waals surface area contributed by atoms with Gasteiger partial charge in [0.1, 0.15) is 6.29 Å². The van der Waals surface area contributed by atoms with E-state index in [1.165, 1.54) is 25.7 Å². The number of hydrogen-bond acceptors (Lipinski definition) is 2. The molecule has 0 aromatic heterocycles. The summed E-state index contributed by atoms with van der Waals surface area (Å²) in [5, 5.41) is 0. The normalized spacial score (nSPS) is 37.2. The van der Waals surface area contributed by atoms with E-state index in [4.69, 9.17) is 0 Å². The van der Waals surface area contributed by atoms with E-state index in [0.717, 1.165) is 30.6 Å². The van der Waals surface area contributed by atoms with Gasteiger partial charge in [-0.15, -0.1) is 0 Å². The molecule has 0 aromatic rings. The van der Waals surface area contributed by atoms with Crippen molar-refractivity contribution in [2.45, 2.75) is 25.7 Å². The molecule has 0 aliphatic heterocycles. The van der Waals surface area contributed by atoms with Crippen molar-refractivity contribution < 1.29 is 4.79 Å². The van der Waals surface area contributed by atoms with Crippen LogP contribution in [-0.4, -0.2) is 31.3 Å². The fourth-order valence-corrected chi connectivity index (χ4v) is 3.20. The lowest BCUT2D eigenvalue weighted by molar-refractivity contribution is -0.108. The molecular weight excluding hydrogens is 162 g/mol. The largest absolute Gasteiger partial charge is 0.302 e. The number of rotatable bonds is 4. The van der Waals surface area contributed by atoms with E-state index in [-0.39, 0.29) is 0 Å². The van der Waals surface area contributed by atoms with Gasteiger partial charge in [0.05, 0.1) is 6.54 Å². The molecule has 2 rings (SSSR count). The summed E-state index contributed by atoms with van der Waals surface area (Å²) < 4.78 is 0. The van der Waals surface area contributed by atoms with Crippen LogP contribution in [0.4, 0.5) is 0 Å². The molecule has 3 unspecified atom stereocenters. The van der Waals surface area contributed by atoms with E-state index >= 15 is 0 Å². The van der Waals surface area contributed by atoms with E-state index in [1.807, 2.05) is 0 Å². The summed E-state index contributed by atoms with van der Waals surface area (Å²) >= 11 is 0. The summed E-state index contributed by atoms with van der Waals surface area (Å²) in [6.45, 7) is 1.74. The Morgan fingerprint density at radius 2 is 2.23 bits per heavy atom. The van der Waals surface area contributed by atoms with Gasteiger partial charge in [-0.05, 0) is 44.1 Å². The minimum Gasteiger partial charge on any atom is -0.302 e. The molecule has 0 aromatic carbocycles. The Bertz CT molecular complexity index is 193. The Labute approximate surface area is 80.3 Å². The monoisotopic (exact) mass is 181 g/mol. The minimum absolute atomic E-state index is 0.605. The molecule has 2 fully saturated rings. The van der Waals surface area contributed by atoms with Gasteiger partial charge in [0, 0.05) is 6.54 Å². The predicted molar refractivity (Wildman–Crippen MR) is 52.5 cm³/mol. The van der Waals surface area contributed by atoms with E-state index in [2.05, 4.69) is 11.9 Å². The fraction of sp³-hybridized carbons (Fsp3) is 0.909. The van der Waals surface area contributed by atoms with Crippen LogP contribution in [0.1, 0.15) is 25.7 Å². The molecule has 2 saturated carbocycles. The zero-order valence-corrected chi connectivity index (χ0v) is 8.41. The Balaban J connectivity index is 1.79. The van der Waals surface area contributed by atoms with Gasteiger partial charge in [0.25, 0.3) is 0 Å². The van der Waals surface area contributed by atoms with Gasteiger partial charge in [0.2, 0.25) is 0 Å². The van der Waals surface area contributed by atoms with Crippen molar-refractivity contribution in [2.75, 3.05) is 20.1 Å². The predicted octanol–water partition coefficient (Wildman–Crippen LogP) is 1.55. The topological polar surface area (TPSA) is 20.3 Å². The van der Waals surface area contributed by atoms with Crippen LogP contribution in [0, 0.1) is 17.8 Å². The zero-order chi connectivity index (χ0) is 9.26. The van der Waals surface area contributed by atoms with Crippen LogP contribution in [0.3, 0.4) is 0 Å². The Morgan fingerprint density at radius 3 is 2.77 bits per heavy atom. The van der Waals surface area contributed by atoms with Crippen molar-refractivity contribution in [1.82, 2.24) is 4.90 Å². The quantitative estimate of drug-likeness (QED) is 0.613. The highest BCUT2D eigenvalue weighted by Gasteiger charge is 2.39. The van der Waals surface area contributed by atoms with Crippen molar-refractivity contribution in [2.24, 2.45) is 17.8 Å². The summed E-state index contributed by atoms with van der Waals surface area (Å²) in [7, 11) is 2.06. The summed E-state index contributed by atoms with van der Waals surface area (Å²) in [6, 6.07) is 0. The molecule has 74 valence electrons. The SMILES string of the molecule is CN(CC=O)CC1CC2CCC1C2. The Kier molecular flexibility index (Phi) is 2.68. The first-order chi connectivity index (χ1) is 6.29. The van der Waals surface area contributed by atoms with Gasteiger partial charge in [-0.2, -0.15) is 0 Å². The van der Waals surface area contributed by atoms with Crippen LogP contribution in [0.15, 0.2) is 0 Å². The summed E-state index contributed by atoms with van der Waals surface area (Å²) in [4.78, 5) is 12.5. The fourth-order valence-electron chi connectivity index (χ4n) is 3.20. The molecule has 3 atom stereocenters. The Hall–Kier alpha value is -0.370. The molecule has 2 nitrogen and oxygen atoms in total. The Morgan fingerprint density at radius 1 is 1.38 bits per heavy atom. The number of fused-ring (bicyclic) bond motifs is 2. The lowest BCUT2D eigenvalue weighted by atomic mass is 9.88. The lowest BCUT2D eigenvalue weighted by Gasteiger charge is -2.25. The number of carbonyl (C=O) groups is 1. The minimum atomic E-state index is 0.605. The van der Waals surface area contributed by atoms with E-state index in [9.17, 15) is 4.79 Å². The van der Waals surface area contributed by atoms with E-state index < -0.39 is 0 Å². The van der Waals surface area contributed by atoms with E-state index in [1.54, 1.807) is 0 Å². The third kappa shape index (κ3) is 1.93. The van der Waals surface area contributed by atoms with Gasteiger partial charge < -0.3 is 4.79 Å². The maximum Gasteiger partial charge on any atom is 0.133 e. The maximum atomic E-state index is 10.3. The standard InChI is InChI=1S/C11H19NO/c1-12(4-5-13)8-11-7-9-2-3-10(11)6-9/h5,9-11H,2-4,6-8H2,1H3. The van der Waals surface area contributed by atoms with Crippen molar-refractivity contribution in [3.8, 4) is 0 Å². The number of carbonyl (C=O) groups excluding carboxylic acids is 1. The van der Waals surface area contributed by atoms with Crippen LogP contribution in [0.2, 0.25) is 0 Å². The smallest absolute Gasteiger partial charge is 0.133 e. The average Bonchev–Trinajstić information content (AvgIpc) is 2.65. The van der Waals surface area contributed by atoms with Gasteiger partial charge in [-0.1, -0.05) is 6.42 Å². The van der Waals surface area contributed by atoms with Crippen LogP contribution in [0.5, 0.6) is 0 Å². The molecule has 0 saturated heterocycles. The second-order valence-electron chi connectivity index (χ2n) is 4.82. The van der Waals surface area contributed by atoms with Crippen molar-refractivity contribution >= 4 is 6.29 Å². The average molecular weight is 181 g/mol. The first-order valence-electron chi connectivity index (χ1n) is 5.41. The van der Waals surface area contributed by atoms with Crippen molar-refractivity contribution in [3.63, 3.8) is 0 Å². The molecule has 0 amide bonds. The van der Waals surface area contributed by atoms with Crippen molar-refractivity contribution in [3.05, 3.63) is 0 Å². The number of aldehydes is 1.